The highest BCUT2D eigenvalue weighted by Gasteiger charge is 2.15. The fourth-order valence-electron chi connectivity index (χ4n) is 3.65. The molecule has 0 N–H and O–H groups in total. The molecule has 0 saturated carbocycles. The van der Waals surface area contributed by atoms with Gasteiger partial charge in [0.15, 0.2) is 0 Å². The van der Waals surface area contributed by atoms with Crippen LogP contribution >= 0.6 is 0 Å². The van der Waals surface area contributed by atoms with Crippen LogP contribution in [0.25, 0.3) is 38.7 Å². The molecule has 0 unspecified atom stereocenters. The highest BCUT2D eigenvalue weighted by molar-refractivity contribution is 6.04. The van der Waals surface area contributed by atoms with Gasteiger partial charge in [-0.2, -0.15) is 5.10 Å². The lowest BCUT2D eigenvalue weighted by atomic mass is 10.0. The van der Waals surface area contributed by atoms with Crippen LogP contribution in [0.5, 0.6) is 5.75 Å². The second kappa shape index (κ2) is 6.50. The molecule has 28 heavy (non-hydrogen) atoms. The van der Waals surface area contributed by atoms with Gasteiger partial charge in [-0.25, -0.2) is 8.91 Å². The lowest BCUT2D eigenvalue weighted by molar-refractivity contribution is 0.415. The number of halogens is 1. The van der Waals surface area contributed by atoms with Gasteiger partial charge in [0.2, 0.25) is 0 Å². The maximum absolute atomic E-state index is 14.1. The molecule has 136 valence electrons. The summed E-state index contributed by atoms with van der Waals surface area (Å²) in [6.07, 6.45) is 1.85. The van der Waals surface area contributed by atoms with Gasteiger partial charge in [0.25, 0.3) is 0 Å². The van der Waals surface area contributed by atoms with Crippen molar-refractivity contribution in [2.75, 3.05) is 7.11 Å². The maximum atomic E-state index is 14.1. The fraction of sp³-hybridized carbons (Fsp3) is 0.0417. The first-order chi connectivity index (χ1) is 13.7. The maximum Gasteiger partial charge on any atom is 0.123 e. The van der Waals surface area contributed by atoms with Gasteiger partial charge in [0.1, 0.15) is 11.6 Å². The molecule has 3 aromatic carbocycles. The first-order valence-corrected chi connectivity index (χ1v) is 9.04. The second-order valence-electron chi connectivity index (χ2n) is 6.67. The lowest BCUT2D eigenvalue weighted by Crippen LogP contribution is -1.96. The minimum Gasteiger partial charge on any atom is -0.497 e. The number of benzene rings is 3. The van der Waals surface area contributed by atoms with Gasteiger partial charge < -0.3 is 4.74 Å². The number of fused-ring (bicyclic) bond motifs is 3. The molecule has 0 amide bonds. The smallest absolute Gasteiger partial charge is 0.123 e. The fourth-order valence-corrected chi connectivity index (χ4v) is 3.65. The van der Waals surface area contributed by atoms with E-state index in [4.69, 9.17) is 4.74 Å². The Kier molecular flexibility index (Phi) is 3.83. The van der Waals surface area contributed by atoms with E-state index < -0.39 is 0 Å². The molecule has 3 nitrogen and oxygen atoms in total. The summed E-state index contributed by atoms with van der Waals surface area (Å²) in [5, 5.41) is 6.47. The van der Waals surface area contributed by atoms with Gasteiger partial charge in [-0.1, -0.05) is 36.4 Å². The molecule has 0 saturated heterocycles. The predicted molar refractivity (Wildman–Crippen MR) is 110 cm³/mol. The van der Waals surface area contributed by atoms with Crippen LogP contribution in [0.4, 0.5) is 4.39 Å². The number of ether oxygens (including phenoxy) is 1. The van der Waals surface area contributed by atoms with Crippen LogP contribution in [-0.2, 0) is 0 Å². The van der Waals surface area contributed by atoms with Crippen molar-refractivity contribution in [3.05, 3.63) is 90.9 Å². The van der Waals surface area contributed by atoms with Crippen LogP contribution in [-0.4, -0.2) is 16.7 Å². The van der Waals surface area contributed by atoms with Gasteiger partial charge in [-0.15, -0.1) is 0 Å². The Morgan fingerprint density at radius 2 is 1.64 bits per heavy atom. The average Bonchev–Trinajstić information content (AvgIpc) is 3.19. The summed E-state index contributed by atoms with van der Waals surface area (Å²) in [6.45, 7) is 0. The van der Waals surface area contributed by atoms with Crippen LogP contribution in [0, 0.1) is 5.82 Å². The second-order valence-corrected chi connectivity index (χ2v) is 6.67. The van der Waals surface area contributed by atoms with E-state index in [0.717, 1.165) is 44.4 Å². The summed E-state index contributed by atoms with van der Waals surface area (Å²) < 4.78 is 21.2. The van der Waals surface area contributed by atoms with Crippen molar-refractivity contribution in [1.29, 1.82) is 0 Å². The van der Waals surface area contributed by atoms with Gasteiger partial charge in [-0.05, 0) is 53.4 Å². The first kappa shape index (κ1) is 16.5. The van der Waals surface area contributed by atoms with Crippen molar-refractivity contribution < 1.29 is 9.13 Å². The third-order valence-electron chi connectivity index (χ3n) is 5.03. The quantitative estimate of drug-likeness (QED) is 0.392. The zero-order chi connectivity index (χ0) is 19.1. The van der Waals surface area contributed by atoms with E-state index in [2.05, 4.69) is 5.10 Å². The number of aromatic nitrogens is 2. The molecule has 0 radical (unpaired) electrons. The topological polar surface area (TPSA) is 26.5 Å². The molecule has 0 spiro atoms. The summed E-state index contributed by atoms with van der Waals surface area (Å²) >= 11 is 0. The molecule has 5 aromatic rings. The van der Waals surface area contributed by atoms with E-state index in [9.17, 15) is 4.39 Å². The third-order valence-corrected chi connectivity index (χ3v) is 5.03. The number of rotatable bonds is 3. The largest absolute Gasteiger partial charge is 0.497 e. The Labute approximate surface area is 161 Å². The minimum atomic E-state index is -0.258. The SMILES string of the molecule is COc1ccc(-c2cc3ccc(F)cc3c3c(-c4ccccc4)cnn23)cc1. The summed E-state index contributed by atoms with van der Waals surface area (Å²) in [6, 6.07) is 24.9. The van der Waals surface area contributed by atoms with Crippen LogP contribution in [0.15, 0.2) is 85.1 Å². The first-order valence-electron chi connectivity index (χ1n) is 9.04. The third kappa shape index (κ3) is 2.62. The molecule has 5 rings (SSSR count). The van der Waals surface area contributed by atoms with Gasteiger partial charge in [0, 0.05) is 16.5 Å². The molecular weight excluding hydrogens is 351 g/mol. The molecule has 0 aliphatic carbocycles. The average molecular weight is 368 g/mol. The van der Waals surface area contributed by atoms with Crippen molar-refractivity contribution in [3.63, 3.8) is 0 Å². The number of nitrogens with zero attached hydrogens (tertiary/aromatic N) is 2. The summed E-state index contributed by atoms with van der Waals surface area (Å²) in [4.78, 5) is 0. The van der Waals surface area contributed by atoms with Crippen molar-refractivity contribution >= 4 is 16.3 Å². The van der Waals surface area contributed by atoms with E-state index in [0.29, 0.717) is 0 Å². The van der Waals surface area contributed by atoms with Crippen molar-refractivity contribution in [2.24, 2.45) is 0 Å². The number of methoxy groups -OCH3 is 1. The molecule has 0 bridgehead atoms. The molecule has 0 aliphatic heterocycles. The van der Waals surface area contributed by atoms with Crippen molar-refractivity contribution in [3.8, 4) is 28.1 Å². The minimum absolute atomic E-state index is 0.258. The van der Waals surface area contributed by atoms with Gasteiger partial charge >= 0.3 is 0 Å². The summed E-state index contributed by atoms with van der Waals surface area (Å²) in [5.41, 5.74) is 4.88. The van der Waals surface area contributed by atoms with Crippen molar-refractivity contribution in [1.82, 2.24) is 9.61 Å². The number of pyridine rings is 1. The molecule has 0 aliphatic rings. The molecule has 0 fully saturated rings. The van der Waals surface area contributed by atoms with Crippen molar-refractivity contribution in [2.45, 2.75) is 0 Å². The number of hydrogen-bond acceptors (Lipinski definition) is 2. The molecular formula is C24H17FN2O. The highest BCUT2D eigenvalue weighted by Crippen LogP contribution is 2.35. The van der Waals surface area contributed by atoms with E-state index in [1.54, 1.807) is 13.2 Å². The van der Waals surface area contributed by atoms with Gasteiger partial charge in [-0.3, -0.25) is 0 Å². The Bertz CT molecular complexity index is 1290. The van der Waals surface area contributed by atoms with Gasteiger partial charge in [0.05, 0.1) is 24.5 Å². The lowest BCUT2D eigenvalue weighted by Gasteiger charge is -2.11. The summed E-state index contributed by atoms with van der Waals surface area (Å²) in [7, 11) is 1.65. The standard InChI is InChI=1S/C24H17FN2O/c1-28-20-11-8-17(9-12-20)23-13-18-7-10-19(25)14-21(18)24-22(15-26-27(23)24)16-5-3-2-4-6-16/h2-15H,1H3. The Morgan fingerprint density at radius 3 is 2.39 bits per heavy atom. The zero-order valence-electron chi connectivity index (χ0n) is 15.3. The van der Waals surface area contributed by atoms with E-state index in [1.165, 1.54) is 6.07 Å². The molecule has 0 atom stereocenters. The molecule has 2 heterocycles. The van der Waals surface area contributed by atoms with Crippen LogP contribution in [0.3, 0.4) is 0 Å². The van der Waals surface area contributed by atoms with E-state index >= 15 is 0 Å². The molecule has 2 aromatic heterocycles. The normalized spacial score (nSPS) is 11.2. The van der Waals surface area contributed by atoms with E-state index in [-0.39, 0.29) is 5.82 Å². The Balaban J connectivity index is 1.86. The predicted octanol–water partition coefficient (Wildman–Crippen LogP) is 5.97. The van der Waals surface area contributed by atoms with E-state index in [1.807, 2.05) is 77.4 Å². The summed E-state index contributed by atoms with van der Waals surface area (Å²) in [5.74, 6) is 0.542. The Hall–Kier alpha value is -3.66. The Morgan fingerprint density at radius 1 is 0.857 bits per heavy atom. The van der Waals surface area contributed by atoms with Crippen LogP contribution in [0.2, 0.25) is 0 Å². The molecule has 4 heteroatoms. The van der Waals surface area contributed by atoms with Crippen LogP contribution < -0.4 is 4.74 Å². The number of hydrogen-bond donors (Lipinski definition) is 0. The van der Waals surface area contributed by atoms with Crippen LogP contribution in [0.1, 0.15) is 0 Å². The zero-order valence-corrected chi connectivity index (χ0v) is 15.3. The monoisotopic (exact) mass is 368 g/mol. The highest BCUT2D eigenvalue weighted by atomic mass is 19.1.